The van der Waals surface area contributed by atoms with Crippen LogP contribution in [0.1, 0.15) is 59.5 Å². The van der Waals surface area contributed by atoms with Crippen molar-refractivity contribution < 1.29 is 28.8 Å². The number of anilines is 4. The Morgan fingerprint density at radius 3 is 1.28 bits per heavy atom. The highest BCUT2D eigenvalue weighted by Gasteiger charge is 2.27. The van der Waals surface area contributed by atoms with Crippen molar-refractivity contribution in [1.29, 1.82) is 0 Å². The molecule has 0 aromatic heterocycles. The van der Waals surface area contributed by atoms with Gasteiger partial charge in [0.1, 0.15) is 11.4 Å². The van der Waals surface area contributed by atoms with E-state index >= 15 is 0 Å². The maximum Gasteiger partial charge on any atom is 0.258 e. The molecule has 14 nitrogen and oxygen atoms in total. The van der Waals surface area contributed by atoms with Crippen LogP contribution in [0.2, 0.25) is 30.1 Å². The fraction of sp³-hybridized carbons (Fsp3) is 0.182. The molecule has 0 heterocycles. The predicted molar refractivity (Wildman–Crippen MR) is 252 cm³/mol. The lowest BCUT2D eigenvalue weighted by Crippen LogP contribution is -2.33. The average Bonchev–Trinajstić information content (AvgIpc) is 3.24. The Morgan fingerprint density at radius 2 is 0.891 bits per heavy atom. The minimum atomic E-state index is -1.61. The van der Waals surface area contributed by atoms with Gasteiger partial charge >= 0.3 is 0 Å². The van der Waals surface area contributed by atoms with Gasteiger partial charge in [-0.05, 0) is 123 Å². The number of amides is 4. The van der Waals surface area contributed by atoms with E-state index in [0.717, 1.165) is 0 Å². The fourth-order valence-corrected chi connectivity index (χ4v) is 6.86. The highest BCUT2D eigenvalue weighted by atomic mass is 35.5. The number of azo groups is 2. The van der Waals surface area contributed by atoms with Crippen LogP contribution in [-0.4, -0.2) is 47.3 Å². The van der Waals surface area contributed by atoms with Crippen LogP contribution in [0.4, 0.5) is 34.1 Å². The lowest BCUT2D eigenvalue weighted by atomic mass is 10.0. The van der Waals surface area contributed by atoms with Crippen LogP contribution >= 0.6 is 69.6 Å². The second-order valence-electron chi connectivity index (χ2n) is 13.8. The van der Waals surface area contributed by atoms with Crippen LogP contribution in [0.5, 0.6) is 0 Å². The molecule has 330 valence electrons. The third kappa shape index (κ3) is 12.7. The summed E-state index contributed by atoms with van der Waals surface area (Å²) in [5, 5.41) is 28.3. The summed E-state index contributed by atoms with van der Waals surface area (Å²) in [5.74, 6) is -4.01. The number of carbonyl (C=O) groups is 6. The molecular weight excluding hydrogens is 949 g/mol. The average molecular weight is 986 g/mol. The van der Waals surface area contributed by atoms with Gasteiger partial charge in [0.25, 0.3) is 23.6 Å². The number of rotatable bonds is 16. The quantitative estimate of drug-likeness (QED) is 0.0560. The highest BCUT2D eigenvalue weighted by molar-refractivity contribution is 6.37. The van der Waals surface area contributed by atoms with Crippen molar-refractivity contribution in [3.05, 3.63) is 137 Å². The molecule has 0 aliphatic heterocycles. The minimum absolute atomic E-state index is 0.00953. The molecule has 0 bridgehead atoms. The summed E-state index contributed by atoms with van der Waals surface area (Å²) in [6.45, 7) is 5.98. The smallest absolute Gasteiger partial charge is 0.258 e. The highest BCUT2D eigenvalue weighted by Crippen LogP contribution is 2.33. The van der Waals surface area contributed by atoms with Crippen LogP contribution in [0.25, 0.3) is 0 Å². The number of carbonyl (C=O) groups excluding carboxylic acids is 6. The van der Waals surface area contributed by atoms with E-state index in [-0.39, 0.29) is 59.7 Å². The zero-order valence-corrected chi connectivity index (χ0v) is 38.7. The molecule has 0 aliphatic rings. The first kappa shape index (κ1) is 49.3. The normalized spacial score (nSPS) is 12.2. The summed E-state index contributed by atoms with van der Waals surface area (Å²) >= 11 is 37.1. The van der Waals surface area contributed by atoms with E-state index in [1.807, 2.05) is 13.8 Å². The second kappa shape index (κ2) is 22.2. The van der Waals surface area contributed by atoms with Crippen molar-refractivity contribution in [2.24, 2.45) is 20.5 Å². The predicted octanol–water partition coefficient (Wildman–Crippen LogP) is 12.6. The molecule has 0 spiro atoms. The van der Waals surface area contributed by atoms with E-state index in [2.05, 4.69) is 41.7 Å². The van der Waals surface area contributed by atoms with Gasteiger partial charge in [-0.3, -0.25) is 28.8 Å². The van der Waals surface area contributed by atoms with Gasteiger partial charge in [0.2, 0.25) is 12.1 Å². The molecule has 5 aromatic carbocycles. The zero-order valence-electron chi connectivity index (χ0n) is 34.2. The van der Waals surface area contributed by atoms with Gasteiger partial charge in [-0.1, -0.05) is 83.5 Å². The number of benzene rings is 5. The third-order valence-corrected chi connectivity index (χ3v) is 10.9. The zero-order chi connectivity index (χ0) is 46.8. The third-order valence-electron chi connectivity index (χ3n) is 9.18. The monoisotopic (exact) mass is 982 g/mol. The van der Waals surface area contributed by atoms with Gasteiger partial charge in [0.05, 0.1) is 31.5 Å². The Labute approximate surface area is 397 Å². The molecule has 4 amide bonds. The standard InChI is InChI=1S/C44H36Cl6N8O6/c1-5-23-15-29(51-43(63)38(21(3)59)57-55-36-17-25(7-11-32(36)49)41(61)52-34-19-27(45)9-13-30(34)47)16-24(6-2)40(23)54-44(64)39(22(4)60)58-56-37-18-26(8-12-33(37)50)42(62)53-35-20-28(46)10-14-31(35)48/h7-20,38-39H,5-6H2,1-4H3,(H,51,63)(H,52,61)(H,53,62)(H,54,64). The fourth-order valence-electron chi connectivity index (χ4n) is 5.87. The summed E-state index contributed by atoms with van der Waals surface area (Å²) in [7, 11) is 0. The van der Waals surface area contributed by atoms with Crippen LogP contribution in [-0.2, 0) is 32.0 Å². The summed E-state index contributed by atoms with van der Waals surface area (Å²) < 4.78 is 0. The van der Waals surface area contributed by atoms with Crippen molar-refractivity contribution in [3.8, 4) is 0 Å². The van der Waals surface area contributed by atoms with Crippen LogP contribution in [0.3, 0.4) is 0 Å². The number of nitrogens with one attached hydrogen (secondary N) is 4. The molecule has 0 aliphatic carbocycles. The van der Waals surface area contributed by atoms with Crippen molar-refractivity contribution in [3.63, 3.8) is 0 Å². The van der Waals surface area contributed by atoms with E-state index in [1.54, 1.807) is 24.3 Å². The Kier molecular flexibility index (Phi) is 17.1. The molecule has 20 heteroatoms. The summed E-state index contributed by atoms with van der Waals surface area (Å²) in [4.78, 5) is 78.7. The lowest BCUT2D eigenvalue weighted by molar-refractivity contribution is -0.127. The van der Waals surface area contributed by atoms with Gasteiger partial charge in [0.15, 0.2) is 11.6 Å². The number of aryl methyl sites for hydroxylation is 2. The summed E-state index contributed by atoms with van der Waals surface area (Å²) in [6.07, 6.45) is 0.733. The van der Waals surface area contributed by atoms with Gasteiger partial charge in [-0.2, -0.15) is 20.5 Å². The van der Waals surface area contributed by atoms with E-state index in [4.69, 9.17) is 69.6 Å². The largest absolute Gasteiger partial charge is 0.324 e. The molecule has 2 unspecified atom stereocenters. The van der Waals surface area contributed by atoms with Crippen molar-refractivity contribution in [2.45, 2.75) is 52.6 Å². The van der Waals surface area contributed by atoms with Gasteiger partial charge in [0, 0.05) is 32.5 Å². The SMILES string of the molecule is CCc1cc(NC(=O)C(N=Nc2cc(C(=O)Nc3cc(Cl)ccc3Cl)ccc2Cl)C(C)=O)cc(CC)c1NC(=O)C(N=Nc1cc(C(=O)Nc2cc(Cl)ccc2Cl)ccc1Cl)C(C)=O. The molecule has 64 heavy (non-hydrogen) atoms. The molecule has 5 aromatic rings. The summed E-state index contributed by atoms with van der Waals surface area (Å²) in [5.41, 5.74) is 2.64. The molecule has 0 saturated carbocycles. The number of ketones is 2. The Hall–Kier alpha value is -5.74. The number of nitrogens with zero attached hydrogens (tertiary/aromatic N) is 4. The van der Waals surface area contributed by atoms with E-state index in [9.17, 15) is 28.8 Å². The summed E-state index contributed by atoms with van der Waals surface area (Å²) in [6, 6.07) is 17.5. The minimum Gasteiger partial charge on any atom is -0.324 e. The second-order valence-corrected chi connectivity index (χ2v) is 16.3. The van der Waals surface area contributed by atoms with Gasteiger partial charge in [-0.25, -0.2) is 0 Å². The van der Waals surface area contributed by atoms with Crippen LogP contribution in [0.15, 0.2) is 105 Å². The maximum absolute atomic E-state index is 13.7. The topological polar surface area (TPSA) is 200 Å². The van der Waals surface area contributed by atoms with Crippen molar-refractivity contribution in [1.82, 2.24) is 0 Å². The number of hydrogen-bond acceptors (Lipinski definition) is 10. The van der Waals surface area contributed by atoms with Crippen molar-refractivity contribution in [2.75, 3.05) is 21.3 Å². The molecule has 5 rings (SSSR count). The van der Waals surface area contributed by atoms with Crippen LogP contribution in [0, 0.1) is 0 Å². The van der Waals surface area contributed by atoms with E-state index < -0.39 is 47.3 Å². The van der Waals surface area contributed by atoms with Gasteiger partial charge < -0.3 is 21.3 Å². The Bertz CT molecular complexity index is 2720. The molecule has 2 atom stereocenters. The number of Topliss-reactive ketones (excluding diaryl/α,β-unsaturated/α-hetero) is 2. The Balaban J connectivity index is 1.31. The molecule has 4 N–H and O–H groups in total. The van der Waals surface area contributed by atoms with E-state index in [0.29, 0.717) is 39.7 Å². The number of halogens is 6. The maximum atomic E-state index is 13.7. The molecule has 0 radical (unpaired) electrons. The lowest BCUT2D eigenvalue weighted by Gasteiger charge is -2.19. The molecular formula is C44H36Cl6N8O6. The number of hydrogen-bond donors (Lipinski definition) is 4. The van der Waals surface area contributed by atoms with Crippen molar-refractivity contribution >= 4 is 139 Å². The molecule has 0 saturated heterocycles. The van der Waals surface area contributed by atoms with Crippen LogP contribution < -0.4 is 21.3 Å². The first-order chi connectivity index (χ1) is 30.4. The van der Waals surface area contributed by atoms with E-state index in [1.165, 1.54) is 74.5 Å². The van der Waals surface area contributed by atoms with Gasteiger partial charge in [-0.15, -0.1) is 0 Å². The Morgan fingerprint density at radius 1 is 0.500 bits per heavy atom. The first-order valence-electron chi connectivity index (χ1n) is 19.1. The first-order valence-corrected chi connectivity index (χ1v) is 21.4. The molecule has 0 fully saturated rings.